The predicted octanol–water partition coefficient (Wildman–Crippen LogP) is 2.19. The molecule has 1 aliphatic rings. The van der Waals surface area contributed by atoms with Crippen molar-refractivity contribution in [1.29, 1.82) is 0 Å². The maximum atomic E-state index is 13.3. The van der Waals surface area contributed by atoms with Gasteiger partial charge in [0.05, 0.1) is 0 Å². The van der Waals surface area contributed by atoms with Gasteiger partial charge in [0, 0.05) is 49.8 Å². The van der Waals surface area contributed by atoms with E-state index in [0.29, 0.717) is 30.8 Å². The van der Waals surface area contributed by atoms with Gasteiger partial charge in [-0.15, -0.1) is 0 Å². The molecule has 3 rings (SSSR count). The Morgan fingerprint density at radius 1 is 1.12 bits per heavy atom. The number of aliphatic hydroxyl groups excluding tert-OH is 1. The van der Waals surface area contributed by atoms with E-state index in [1.54, 1.807) is 24.3 Å². The number of carbonyl (C=O) groups excluding carboxylic acids is 1. The molecule has 0 aliphatic carbocycles. The zero-order valence-corrected chi connectivity index (χ0v) is 13.7. The largest absolute Gasteiger partial charge is 0.396 e. The summed E-state index contributed by atoms with van der Waals surface area (Å²) in [6.07, 6.45) is 0. The van der Waals surface area contributed by atoms with Gasteiger partial charge in [-0.1, -0.05) is 18.2 Å². The summed E-state index contributed by atoms with van der Waals surface area (Å²) in [6.45, 7) is 1.37. The highest BCUT2D eigenvalue weighted by atomic mass is 19.1. The van der Waals surface area contributed by atoms with Gasteiger partial charge in [0.2, 0.25) is 0 Å². The maximum absolute atomic E-state index is 13.3. The topological polar surface area (TPSA) is 52.6 Å². The summed E-state index contributed by atoms with van der Waals surface area (Å²) in [5, 5.41) is 12.5. The number of carbonyl (C=O) groups is 1. The highest BCUT2D eigenvalue weighted by molar-refractivity contribution is 5.94. The summed E-state index contributed by atoms with van der Waals surface area (Å²) in [5.41, 5.74) is 1.09. The molecule has 0 saturated carbocycles. The van der Waals surface area contributed by atoms with E-state index >= 15 is 0 Å². The molecule has 1 aliphatic heterocycles. The second-order valence-electron chi connectivity index (χ2n) is 6.36. The van der Waals surface area contributed by atoms with Gasteiger partial charge >= 0.3 is 0 Å². The van der Waals surface area contributed by atoms with E-state index in [-0.39, 0.29) is 24.5 Å². The molecule has 4 nitrogen and oxygen atoms in total. The molecule has 2 N–H and O–H groups in total. The number of aliphatic hydroxyl groups is 1. The zero-order chi connectivity index (χ0) is 17.8. The van der Waals surface area contributed by atoms with Gasteiger partial charge in [-0.2, -0.15) is 0 Å². The van der Waals surface area contributed by atoms with Crippen LogP contribution in [-0.2, 0) is 6.54 Å². The maximum Gasteiger partial charge on any atom is 0.251 e. The van der Waals surface area contributed by atoms with Gasteiger partial charge in [-0.3, -0.25) is 9.69 Å². The Bertz CT molecular complexity index is 719. The standard InChI is InChI=1S/C19H20F2N2O2/c20-16-6-13(7-17(21)8-16)9-23-10-15(12-24)18(11-23)22-19(25)14-4-2-1-3-5-14/h1-8,15,18,24H,9-12H2,(H,22,25)/t15-,18+/m0/s1. The Hall–Kier alpha value is -2.31. The lowest BCUT2D eigenvalue weighted by Gasteiger charge is -2.18. The minimum absolute atomic E-state index is 0.0618. The fraction of sp³-hybridized carbons (Fsp3) is 0.316. The number of amides is 1. The summed E-state index contributed by atoms with van der Waals surface area (Å²) in [4.78, 5) is 14.3. The van der Waals surface area contributed by atoms with Crippen molar-refractivity contribution >= 4 is 5.91 Å². The summed E-state index contributed by atoms with van der Waals surface area (Å²) in [5.74, 6) is -1.53. The molecule has 6 heteroatoms. The van der Waals surface area contributed by atoms with Crippen molar-refractivity contribution in [2.45, 2.75) is 12.6 Å². The van der Waals surface area contributed by atoms with Crippen LogP contribution in [0.1, 0.15) is 15.9 Å². The van der Waals surface area contributed by atoms with E-state index in [9.17, 15) is 18.7 Å². The first-order valence-corrected chi connectivity index (χ1v) is 8.19. The lowest BCUT2D eigenvalue weighted by atomic mass is 10.0. The third kappa shape index (κ3) is 4.41. The molecule has 0 spiro atoms. The number of hydrogen-bond acceptors (Lipinski definition) is 3. The average Bonchev–Trinajstić information content (AvgIpc) is 2.96. The Balaban J connectivity index is 1.65. The van der Waals surface area contributed by atoms with E-state index in [2.05, 4.69) is 5.32 Å². The molecule has 25 heavy (non-hydrogen) atoms. The molecule has 0 radical (unpaired) electrons. The fourth-order valence-corrected chi connectivity index (χ4v) is 3.24. The zero-order valence-electron chi connectivity index (χ0n) is 13.7. The molecule has 2 aromatic rings. The van der Waals surface area contributed by atoms with Crippen LogP contribution in [0.3, 0.4) is 0 Å². The number of likely N-dealkylation sites (tertiary alicyclic amines) is 1. The van der Waals surface area contributed by atoms with Crippen molar-refractivity contribution in [3.8, 4) is 0 Å². The van der Waals surface area contributed by atoms with Crippen LogP contribution in [0.15, 0.2) is 48.5 Å². The van der Waals surface area contributed by atoms with Crippen LogP contribution < -0.4 is 5.32 Å². The number of nitrogens with one attached hydrogen (secondary N) is 1. The van der Waals surface area contributed by atoms with Crippen molar-refractivity contribution in [1.82, 2.24) is 10.2 Å². The van der Waals surface area contributed by atoms with E-state index in [1.807, 2.05) is 11.0 Å². The second kappa shape index (κ2) is 7.72. The van der Waals surface area contributed by atoms with Gasteiger partial charge in [0.1, 0.15) is 11.6 Å². The minimum atomic E-state index is -0.609. The highest BCUT2D eigenvalue weighted by Crippen LogP contribution is 2.20. The van der Waals surface area contributed by atoms with E-state index in [1.165, 1.54) is 12.1 Å². The lowest BCUT2D eigenvalue weighted by molar-refractivity contribution is 0.0921. The molecule has 1 heterocycles. The van der Waals surface area contributed by atoms with Gasteiger partial charge in [0.25, 0.3) is 5.91 Å². The van der Waals surface area contributed by atoms with Gasteiger partial charge in [-0.25, -0.2) is 8.78 Å². The first-order valence-electron chi connectivity index (χ1n) is 8.19. The summed E-state index contributed by atoms with van der Waals surface area (Å²) in [7, 11) is 0. The normalized spacial score (nSPS) is 20.6. The number of hydrogen-bond donors (Lipinski definition) is 2. The first-order chi connectivity index (χ1) is 12.0. The summed E-state index contributed by atoms with van der Waals surface area (Å²) in [6, 6.07) is 12.1. The molecule has 0 bridgehead atoms. The van der Waals surface area contributed by atoms with Crippen LogP contribution in [0.5, 0.6) is 0 Å². The van der Waals surface area contributed by atoms with Gasteiger partial charge in [-0.05, 0) is 29.8 Å². The van der Waals surface area contributed by atoms with Crippen LogP contribution in [0.25, 0.3) is 0 Å². The Labute approximate surface area is 145 Å². The Morgan fingerprint density at radius 2 is 1.80 bits per heavy atom. The first kappa shape index (κ1) is 17.5. The molecule has 2 aromatic carbocycles. The minimum Gasteiger partial charge on any atom is -0.396 e. The van der Waals surface area contributed by atoms with Gasteiger partial charge in [0.15, 0.2) is 0 Å². The lowest BCUT2D eigenvalue weighted by Crippen LogP contribution is -2.41. The molecule has 0 unspecified atom stereocenters. The predicted molar refractivity (Wildman–Crippen MR) is 89.9 cm³/mol. The Morgan fingerprint density at radius 3 is 2.44 bits per heavy atom. The van der Waals surface area contributed by atoms with E-state index < -0.39 is 11.6 Å². The van der Waals surface area contributed by atoms with Gasteiger partial charge < -0.3 is 10.4 Å². The van der Waals surface area contributed by atoms with E-state index in [0.717, 1.165) is 6.07 Å². The molecular weight excluding hydrogens is 326 g/mol. The Kier molecular flexibility index (Phi) is 5.40. The number of nitrogens with zero attached hydrogens (tertiary/aromatic N) is 1. The molecule has 1 saturated heterocycles. The van der Waals surface area contributed by atoms with Crippen LogP contribution in [0.4, 0.5) is 8.78 Å². The molecule has 2 atom stereocenters. The van der Waals surface area contributed by atoms with Crippen molar-refractivity contribution in [2.75, 3.05) is 19.7 Å². The monoisotopic (exact) mass is 346 g/mol. The van der Waals surface area contributed by atoms with Crippen LogP contribution in [0, 0.1) is 17.6 Å². The number of rotatable bonds is 5. The van der Waals surface area contributed by atoms with Crippen molar-refractivity contribution in [3.05, 3.63) is 71.3 Å². The molecule has 132 valence electrons. The SMILES string of the molecule is O=C(N[C@@H]1CN(Cc2cc(F)cc(F)c2)C[C@H]1CO)c1ccccc1. The smallest absolute Gasteiger partial charge is 0.251 e. The third-order valence-electron chi connectivity index (χ3n) is 4.43. The van der Waals surface area contributed by atoms with Crippen molar-refractivity contribution in [2.24, 2.45) is 5.92 Å². The summed E-state index contributed by atoms with van der Waals surface area (Å²) < 4.78 is 26.7. The highest BCUT2D eigenvalue weighted by Gasteiger charge is 2.33. The third-order valence-corrected chi connectivity index (χ3v) is 4.43. The average molecular weight is 346 g/mol. The summed E-state index contributed by atoms with van der Waals surface area (Å²) >= 11 is 0. The molecule has 1 amide bonds. The van der Waals surface area contributed by atoms with E-state index in [4.69, 9.17) is 0 Å². The van der Waals surface area contributed by atoms with Crippen molar-refractivity contribution < 1.29 is 18.7 Å². The van der Waals surface area contributed by atoms with Crippen LogP contribution in [-0.4, -0.2) is 41.7 Å². The number of benzene rings is 2. The fourth-order valence-electron chi connectivity index (χ4n) is 3.24. The molecule has 0 aromatic heterocycles. The van der Waals surface area contributed by atoms with Crippen LogP contribution in [0.2, 0.25) is 0 Å². The van der Waals surface area contributed by atoms with Crippen LogP contribution >= 0.6 is 0 Å². The quantitative estimate of drug-likeness (QED) is 0.873. The number of halogens is 2. The molecule has 1 fully saturated rings. The van der Waals surface area contributed by atoms with Crippen molar-refractivity contribution in [3.63, 3.8) is 0 Å². The molecular formula is C19H20F2N2O2. The second-order valence-corrected chi connectivity index (χ2v) is 6.36.